The first kappa shape index (κ1) is 44.0. The van der Waals surface area contributed by atoms with E-state index in [1.165, 1.54) is 34.3 Å². The maximum Gasteiger partial charge on any atom is 0.389 e. The highest BCUT2D eigenvalue weighted by atomic mass is 32.7. The SMILES string of the molecule is B[P@@]1(=O)OC[C@H]2O[C@@H](n3cnc4c(N)ccnc43)[C@H](F)[C@@H]2O[P@](=O)(SCc2ccc(COCCOCCOCC)cc2)OC[C@H]2O[C@@H](n3cnc4c(N)ncnc43)[C@H](F)[C@@H]2O1. The number of fused-ring (bicyclic) bond motifs is 4. The van der Waals surface area contributed by atoms with Gasteiger partial charge in [0.2, 0.25) is 0 Å². The van der Waals surface area contributed by atoms with Crippen molar-refractivity contribution in [2.45, 2.75) is 68.5 Å². The summed E-state index contributed by atoms with van der Waals surface area (Å²) in [6.07, 6.45) is -7.51. The van der Waals surface area contributed by atoms with E-state index >= 15 is 8.78 Å². The largest absolute Gasteiger partial charge is 0.397 e. The van der Waals surface area contributed by atoms with Crippen LogP contribution in [0, 0.1) is 0 Å². The van der Waals surface area contributed by atoms with Gasteiger partial charge < -0.3 is 44.2 Å². The van der Waals surface area contributed by atoms with Crippen molar-refractivity contribution in [1.29, 1.82) is 0 Å². The molecule has 61 heavy (non-hydrogen) atoms. The summed E-state index contributed by atoms with van der Waals surface area (Å²) in [7, 11) is -3.01. The van der Waals surface area contributed by atoms with Crippen LogP contribution in [0.25, 0.3) is 22.3 Å². The van der Waals surface area contributed by atoms with Crippen LogP contribution in [0.15, 0.2) is 55.5 Å². The number of nitrogens with two attached hydrogens (primary N) is 2. The van der Waals surface area contributed by atoms with E-state index in [9.17, 15) is 9.13 Å². The summed E-state index contributed by atoms with van der Waals surface area (Å²) in [5.74, 6) is 0.147. The zero-order valence-corrected chi connectivity index (χ0v) is 35.6. The second kappa shape index (κ2) is 19.0. The van der Waals surface area contributed by atoms with Crippen LogP contribution in [-0.2, 0) is 63.3 Å². The van der Waals surface area contributed by atoms with Gasteiger partial charge in [-0.05, 0) is 35.5 Å². The molecule has 4 aromatic heterocycles. The van der Waals surface area contributed by atoms with Crippen LogP contribution in [-0.4, -0.2) is 125 Å². The fourth-order valence-electron chi connectivity index (χ4n) is 6.98. The number of rotatable bonds is 14. The lowest BCUT2D eigenvalue weighted by atomic mass is 10.1. The van der Waals surface area contributed by atoms with Crippen molar-refractivity contribution in [2.24, 2.45) is 0 Å². The van der Waals surface area contributed by atoms with Gasteiger partial charge in [0, 0.05) is 18.6 Å². The molecule has 1 aromatic carbocycles. The third kappa shape index (κ3) is 9.80. The lowest BCUT2D eigenvalue weighted by Crippen LogP contribution is -2.37. The van der Waals surface area contributed by atoms with E-state index in [0.717, 1.165) is 30.1 Å². The highest BCUT2D eigenvalue weighted by Crippen LogP contribution is 2.65. The molecule has 3 saturated heterocycles. The average molecular weight is 910 g/mol. The van der Waals surface area contributed by atoms with Gasteiger partial charge >= 0.3 is 6.80 Å². The second-order valence-corrected chi connectivity index (χ2v) is 20.3. The third-order valence-electron chi connectivity index (χ3n) is 10.0. The van der Waals surface area contributed by atoms with Crippen molar-refractivity contribution in [1.82, 2.24) is 34.1 Å². The first-order valence-corrected chi connectivity index (χ1v) is 24.4. The second-order valence-electron chi connectivity index (χ2n) is 14.2. The molecular formula is C35H44BF2N9O11P2S. The number of hydrogen-bond donors (Lipinski definition) is 2. The molecule has 5 aromatic rings. The minimum absolute atomic E-state index is 0.0606. The number of pyridine rings is 1. The van der Waals surface area contributed by atoms with Crippen molar-refractivity contribution < 1.29 is 59.7 Å². The summed E-state index contributed by atoms with van der Waals surface area (Å²) in [4.78, 5) is 20.9. The van der Waals surface area contributed by atoms with Crippen LogP contribution < -0.4 is 11.5 Å². The molecular weight excluding hydrogens is 865 g/mol. The number of aromatic nitrogens is 7. The molecule has 10 atom stereocenters. The van der Waals surface area contributed by atoms with E-state index in [2.05, 4.69) is 24.9 Å². The molecule has 3 fully saturated rings. The van der Waals surface area contributed by atoms with Crippen LogP contribution in [0.1, 0.15) is 30.5 Å². The van der Waals surface area contributed by atoms with E-state index in [4.69, 9.17) is 53.2 Å². The molecule has 0 radical (unpaired) electrons. The Morgan fingerprint density at radius 2 is 1.39 bits per heavy atom. The number of benzene rings is 1. The molecule has 3 aliphatic heterocycles. The third-order valence-corrected chi connectivity index (χ3v) is 14.9. The predicted octanol–water partition coefficient (Wildman–Crippen LogP) is 4.08. The van der Waals surface area contributed by atoms with Gasteiger partial charge in [-0.1, -0.05) is 24.3 Å². The summed E-state index contributed by atoms with van der Waals surface area (Å²) in [5, 5.41) is 0. The van der Waals surface area contributed by atoms with Crippen LogP contribution in [0.2, 0.25) is 0 Å². The van der Waals surface area contributed by atoms with Gasteiger partial charge in [0.1, 0.15) is 41.8 Å². The number of alkyl halides is 2. The topological polar surface area (TPSA) is 244 Å². The minimum Gasteiger partial charge on any atom is -0.397 e. The average Bonchev–Trinajstić information content (AvgIpc) is 4.02. The normalized spacial score (nSPS) is 30.9. The molecule has 26 heteroatoms. The molecule has 20 nitrogen and oxygen atoms in total. The van der Waals surface area contributed by atoms with E-state index in [1.807, 2.05) is 31.2 Å². The molecule has 4 N–H and O–H groups in total. The van der Waals surface area contributed by atoms with E-state index in [1.54, 1.807) is 6.07 Å². The van der Waals surface area contributed by atoms with Gasteiger partial charge in [0.25, 0.3) is 15.0 Å². The Morgan fingerprint density at radius 1 is 0.787 bits per heavy atom. The Labute approximate surface area is 352 Å². The molecule has 7 heterocycles. The number of ether oxygens (including phenoxy) is 5. The van der Waals surface area contributed by atoms with Gasteiger partial charge in [0.05, 0.1) is 64.6 Å². The fraction of sp³-hybridized carbons (Fsp3) is 0.514. The van der Waals surface area contributed by atoms with Gasteiger partial charge in [0.15, 0.2) is 41.9 Å². The molecule has 3 aliphatic rings. The van der Waals surface area contributed by atoms with Crippen molar-refractivity contribution in [3.8, 4) is 0 Å². The Morgan fingerprint density at radius 3 is 2.10 bits per heavy atom. The highest BCUT2D eigenvalue weighted by Gasteiger charge is 2.54. The number of nitrogen functional groups attached to an aromatic ring is 2. The van der Waals surface area contributed by atoms with Crippen LogP contribution >= 0.6 is 25.7 Å². The molecule has 0 amide bonds. The van der Waals surface area contributed by atoms with Crippen molar-refractivity contribution in [3.05, 3.63) is 66.6 Å². The molecule has 328 valence electrons. The zero-order chi connectivity index (χ0) is 42.7. The monoisotopic (exact) mass is 909 g/mol. The first-order valence-electron chi connectivity index (χ1n) is 19.3. The standard InChI is InChI=1S/C35H44BF2N9O11P2S/c1-2-50-9-10-51-11-12-52-13-20-3-5-21(6-4-20)16-61-60(49)54-15-24-29(25(37)34(56-24)47-19-45-28-31(40)42-17-43-33(28)47)57-59(36,48)53-14-23-30(58-60)26(38)35(55-23)46-18-44-27-22(39)7-8-41-32(27)46/h3-8,17-19,23-26,29-30,34-35H,2,9-16,36H2,1H3,(H2,39,41)(H2,40,42,43)/t23-,24-,25-,26-,29-,30-,34-,35-,59-,60-/m1/s1. The number of imidazole rings is 2. The maximum absolute atomic E-state index is 16.8. The highest BCUT2D eigenvalue weighted by molar-refractivity contribution is 8.54. The van der Waals surface area contributed by atoms with E-state index < -0.39 is 76.7 Å². The number of hydrogen-bond acceptors (Lipinski definition) is 19. The van der Waals surface area contributed by atoms with Gasteiger partial charge in [-0.3, -0.25) is 22.7 Å². The molecule has 0 bridgehead atoms. The van der Waals surface area contributed by atoms with E-state index in [-0.39, 0.29) is 28.4 Å². The first-order chi connectivity index (χ1) is 29.4. The summed E-state index contributed by atoms with van der Waals surface area (Å²) in [6.45, 7) is -0.882. The van der Waals surface area contributed by atoms with Crippen LogP contribution in [0.3, 0.4) is 0 Å². The van der Waals surface area contributed by atoms with Gasteiger partial charge in [-0.2, -0.15) is 0 Å². The van der Waals surface area contributed by atoms with Gasteiger partial charge in [-0.15, -0.1) is 0 Å². The molecule has 0 saturated carbocycles. The van der Waals surface area contributed by atoms with Crippen LogP contribution in [0.5, 0.6) is 0 Å². The van der Waals surface area contributed by atoms with Gasteiger partial charge in [-0.25, -0.2) is 38.3 Å². The predicted molar refractivity (Wildman–Crippen MR) is 219 cm³/mol. The summed E-state index contributed by atoms with van der Waals surface area (Å²) < 4.78 is 117. The molecule has 0 spiro atoms. The van der Waals surface area contributed by atoms with Crippen molar-refractivity contribution in [3.63, 3.8) is 0 Å². The lowest BCUT2D eigenvalue weighted by Gasteiger charge is -2.30. The summed E-state index contributed by atoms with van der Waals surface area (Å²) in [6, 6.07) is 8.92. The molecule has 0 aliphatic carbocycles. The minimum atomic E-state index is -4.42. The molecule has 0 unspecified atom stereocenters. The Balaban J connectivity index is 1.03. The lowest BCUT2D eigenvalue weighted by molar-refractivity contribution is -0.0546. The Hall–Kier alpha value is -3.64. The van der Waals surface area contributed by atoms with Crippen LogP contribution in [0.4, 0.5) is 20.3 Å². The number of nitrogens with zero attached hydrogens (tertiary/aromatic N) is 7. The molecule has 8 rings (SSSR count). The Bertz CT molecular complexity index is 2390. The number of anilines is 2. The Kier molecular flexibility index (Phi) is 13.7. The maximum atomic E-state index is 16.8. The van der Waals surface area contributed by atoms with Crippen molar-refractivity contribution in [2.75, 3.05) is 57.7 Å². The summed E-state index contributed by atoms with van der Waals surface area (Å²) >= 11 is 0.784. The summed E-state index contributed by atoms with van der Waals surface area (Å²) in [5.41, 5.74) is 14.9. The van der Waals surface area contributed by atoms with E-state index in [0.29, 0.717) is 50.8 Å². The fourth-order valence-corrected chi connectivity index (χ4v) is 11.5. The van der Waals surface area contributed by atoms with Crippen molar-refractivity contribution >= 4 is 67.1 Å². The number of halogens is 2. The smallest absolute Gasteiger partial charge is 0.389 e. The quantitative estimate of drug-likeness (QED) is 0.0906. The zero-order valence-electron chi connectivity index (χ0n) is 33.0.